The van der Waals surface area contributed by atoms with Crippen molar-refractivity contribution >= 4 is 75.9 Å². The predicted molar refractivity (Wildman–Crippen MR) is 90.9 cm³/mol. The Labute approximate surface area is 145 Å². The number of carboxylic acid groups (broad SMARTS) is 1. The van der Waals surface area contributed by atoms with Crippen molar-refractivity contribution in [1.29, 1.82) is 0 Å². The molecular weight excluding hydrogens is 476 g/mol. The number of rotatable bonds is 5. The zero-order valence-electron chi connectivity index (χ0n) is 9.99. The quantitative estimate of drug-likeness (QED) is 0.613. The zero-order valence-corrected chi connectivity index (χ0v) is 15.6. The third-order valence-corrected chi connectivity index (χ3v) is 4.90. The first-order valence-corrected chi connectivity index (χ1v) is 8.79. The van der Waals surface area contributed by atoms with Gasteiger partial charge in [0.25, 0.3) is 0 Å². The minimum atomic E-state index is -0.814. The van der Waals surface area contributed by atoms with Crippen molar-refractivity contribution in [2.24, 2.45) is 0 Å². The Bertz CT molecular complexity index is 622. The Morgan fingerprint density at radius 3 is 2.55 bits per heavy atom. The van der Waals surface area contributed by atoms with Crippen molar-refractivity contribution in [2.45, 2.75) is 12.8 Å². The Hall–Kier alpha value is -0.440. The smallest absolute Gasteiger partial charge is 0.303 e. The van der Waals surface area contributed by atoms with Crippen LogP contribution >= 0.6 is 59.1 Å². The van der Waals surface area contributed by atoms with E-state index in [1.165, 1.54) is 11.3 Å². The summed E-state index contributed by atoms with van der Waals surface area (Å²) in [5.74, 6) is -0.814. The van der Waals surface area contributed by atoms with Crippen LogP contribution in [0.5, 0.6) is 0 Å². The highest BCUT2D eigenvalue weighted by molar-refractivity contribution is 9.11. The number of nitrogens with one attached hydrogen (secondary N) is 1. The normalized spacial score (nSPS) is 10.6. The van der Waals surface area contributed by atoms with Crippen LogP contribution in [0.2, 0.25) is 0 Å². The number of hydrogen-bond donors (Lipinski definition) is 2. The van der Waals surface area contributed by atoms with Gasteiger partial charge >= 0.3 is 5.97 Å². The molecule has 0 unspecified atom stereocenters. The van der Waals surface area contributed by atoms with Crippen LogP contribution in [0.25, 0.3) is 0 Å². The summed E-state index contributed by atoms with van der Waals surface area (Å²) in [6.45, 7) is 0. The van der Waals surface area contributed by atoms with Gasteiger partial charge in [0.05, 0.1) is 17.8 Å². The summed E-state index contributed by atoms with van der Waals surface area (Å²) in [6, 6.07) is 3.87. The summed E-state index contributed by atoms with van der Waals surface area (Å²) in [4.78, 5) is 14.9. The first kappa shape index (κ1) is 15.9. The van der Waals surface area contributed by atoms with Crippen LogP contribution in [0.4, 0.5) is 10.8 Å². The van der Waals surface area contributed by atoms with Crippen LogP contribution < -0.4 is 5.32 Å². The van der Waals surface area contributed by atoms with Gasteiger partial charge in [-0.25, -0.2) is 4.98 Å². The lowest BCUT2D eigenvalue weighted by atomic mass is 10.2. The van der Waals surface area contributed by atoms with E-state index < -0.39 is 5.97 Å². The second-order valence-corrected chi connectivity index (χ2v) is 7.39. The third kappa shape index (κ3) is 4.28. The van der Waals surface area contributed by atoms with Gasteiger partial charge in [-0.3, -0.25) is 4.79 Å². The van der Waals surface area contributed by atoms with Crippen LogP contribution in [-0.2, 0) is 11.2 Å². The molecule has 0 aliphatic heterocycles. The summed E-state index contributed by atoms with van der Waals surface area (Å²) < 4.78 is 2.77. The standard InChI is InChI=1S/C12H9Br3N2O2S/c13-6-3-8(14)11(9(15)4-6)17-12-16-7(5-20-12)1-2-10(18)19/h3-5H,1-2H2,(H,16,17)(H,18,19). The van der Waals surface area contributed by atoms with E-state index in [0.29, 0.717) is 6.42 Å². The number of benzene rings is 1. The molecule has 0 saturated heterocycles. The summed E-state index contributed by atoms with van der Waals surface area (Å²) in [7, 11) is 0. The average molecular weight is 485 g/mol. The van der Waals surface area contributed by atoms with E-state index in [-0.39, 0.29) is 6.42 Å². The molecule has 2 aromatic rings. The first-order valence-electron chi connectivity index (χ1n) is 5.53. The molecular formula is C12H9Br3N2O2S. The second kappa shape index (κ2) is 7.02. The summed E-state index contributed by atoms with van der Waals surface area (Å²) >= 11 is 11.8. The van der Waals surface area contributed by atoms with E-state index in [4.69, 9.17) is 5.11 Å². The van der Waals surface area contributed by atoms with Gasteiger partial charge in [-0.05, 0) is 44.0 Å². The SMILES string of the molecule is O=C(O)CCc1csc(Nc2c(Br)cc(Br)cc2Br)n1. The van der Waals surface area contributed by atoms with Crippen LogP contribution in [0.15, 0.2) is 30.9 Å². The van der Waals surface area contributed by atoms with E-state index in [1.54, 1.807) is 0 Å². The topological polar surface area (TPSA) is 62.2 Å². The fourth-order valence-corrected chi connectivity index (χ4v) is 4.69. The number of carbonyl (C=O) groups is 1. The van der Waals surface area contributed by atoms with Gasteiger partial charge in [0.2, 0.25) is 0 Å². The molecule has 2 rings (SSSR count). The molecule has 0 amide bonds. The number of halogens is 3. The molecule has 4 nitrogen and oxygen atoms in total. The highest BCUT2D eigenvalue weighted by Crippen LogP contribution is 2.36. The molecule has 20 heavy (non-hydrogen) atoms. The lowest BCUT2D eigenvalue weighted by Gasteiger charge is -2.08. The van der Waals surface area contributed by atoms with Gasteiger partial charge in [0, 0.05) is 25.2 Å². The van der Waals surface area contributed by atoms with Crippen molar-refractivity contribution in [1.82, 2.24) is 4.98 Å². The van der Waals surface area contributed by atoms with Gasteiger partial charge in [-0.2, -0.15) is 0 Å². The number of thiazole rings is 1. The lowest BCUT2D eigenvalue weighted by molar-refractivity contribution is -0.136. The molecule has 0 radical (unpaired) electrons. The van der Waals surface area contributed by atoms with Gasteiger partial charge in [-0.15, -0.1) is 11.3 Å². The van der Waals surface area contributed by atoms with Crippen molar-refractivity contribution in [3.63, 3.8) is 0 Å². The lowest BCUT2D eigenvalue weighted by Crippen LogP contribution is -1.98. The van der Waals surface area contributed by atoms with Crippen LogP contribution in [0.1, 0.15) is 12.1 Å². The molecule has 1 aromatic heterocycles. The molecule has 1 heterocycles. The van der Waals surface area contributed by atoms with Crippen molar-refractivity contribution < 1.29 is 9.90 Å². The zero-order chi connectivity index (χ0) is 14.7. The third-order valence-electron chi connectivity index (χ3n) is 2.39. The molecule has 0 aliphatic carbocycles. The van der Waals surface area contributed by atoms with Gasteiger partial charge in [0.15, 0.2) is 5.13 Å². The Balaban J connectivity index is 2.13. The molecule has 2 N–H and O–H groups in total. The average Bonchev–Trinajstić information content (AvgIpc) is 2.79. The highest BCUT2D eigenvalue weighted by Gasteiger charge is 2.10. The van der Waals surface area contributed by atoms with E-state index in [9.17, 15) is 4.79 Å². The molecule has 1 aromatic carbocycles. The molecule has 0 saturated carbocycles. The van der Waals surface area contributed by atoms with Crippen LogP contribution in [0.3, 0.4) is 0 Å². The van der Waals surface area contributed by atoms with Gasteiger partial charge in [0.1, 0.15) is 0 Å². The minimum Gasteiger partial charge on any atom is -0.481 e. The fraction of sp³-hybridized carbons (Fsp3) is 0.167. The van der Waals surface area contributed by atoms with E-state index >= 15 is 0 Å². The largest absolute Gasteiger partial charge is 0.481 e. The number of aryl methyl sites for hydroxylation is 1. The second-order valence-electron chi connectivity index (χ2n) is 3.91. The van der Waals surface area contributed by atoms with Gasteiger partial charge < -0.3 is 10.4 Å². The Kier molecular flexibility index (Phi) is 5.59. The predicted octanol–water partition coefficient (Wildman–Crippen LogP) is 5.19. The minimum absolute atomic E-state index is 0.0921. The Morgan fingerprint density at radius 1 is 1.30 bits per heavy atom. The highest BCUT2D eigenvalue weighted by atomic mass is 79.9. The maximum Gasteiger partial charge on any atom is 0.303 e. The maximum absolute atomic E-state index is 10.5. The molecule has 0 aliphatic rings. The fourth-order valence-electron chi connectivity index (χ4n) is 1.48. The van der Waals surface area contributed by atoms with Crippen LogP contribution in [0, 0.1) is 0 Å². The number of hydrogen-bond acceptors (Lipinski definition) is 4. The number of carboxylic acids is 1. The van der Waals surface area contributed by atoms with Crippen molar-refractivity contribution in [2.75, 3.05) is 5.32 Å². The number of aliphatic carboxylic acids is 1. The van der Waals surface area contributed by atoms with Crippen molar-refractivity contribution in [3.05, 3.63) is 36.6 Å². The molecule has 0 spiro atoms. The number of nitrogens with zero attached hydrogens (tertiary/aromatic N) is 1. The maximum atomic E-state index is 10.5. The molecule has 8 heteroatoms. The summed E-state index contributed by atoms with van der Waals surface area (Å²) in [5.41, 5.74) is 1.66. The summed E-state index contributed by atoms with van der Waals surface area (Å²) in [6.07, 6.45) is 0.533. The van der Waals surface area contributed by atoms with Gasteiger partial charge in [-0.1, -0.05) is 15.9 Å². The van der Waals surface area contributed by atoms with Crippen molar-refractivity contribution in [3.8, 4) is 0 Å². The number of anilines is 2. The number of aromatic nitrogens is 1. The molecule has 0 fully saturated rings. The monoisotopic (exact) mass is 482 g/mol. The Morgan fingerprint density at radius 2 is 1.95 bits per heavy atom. The van der Waals surface area contributed by atoms with E-state index in [0.717, 1.165) is 29.9 Å². The first-order chi connectivity index (χ1) is 9.45. The van der Waals surface area contributed by atoms with E-state index in [2.05, 4.69) is 58.1 Å². The molecule has 0 bridgehead atoms. The van der Waals surface area contributed by atoms with Crippen LogP contribution in [-0.4, -0.2) is 16.1 Å². The van der Waals surface area contributed by atoms with E-state index in [1.807, 2.05) is 17.5 Å². The summed E-state index contributed by atoms with van der Waals surface area (Å²) in [5, 5.41) is 14.5. The molecule has 106 valence electrons. The molecule has 0 atom stereocenters.